The topological polar surface area (TPSA) is 147 Å². The van der Waals surface area contributed by atoms with Crippen LogP contribution in [0, 0.1) is 29.1 Å². The van der Waals surface area contributed by atoms with E-state index < -0.39 is 0 Å². The van der Waals surface area contributed by atoms with Gasteiger partial charge in [0, 0.05) is 72.9 Å². The van der Waals surface area contributed by atoms with Crippen LogP contribution >= 0.6 is 0 Å². The molecule has 118 heavy (non-hydrogen) atoms. The van der Waals surface area contributed by atoms with E-state index in [1.54, 1.807) is 0 Å². The molecular weight excluding hydrogens is 1460 g/mol. The Morgan fingerprint density at radius 2 is 0.602 bits per heavy atom. The molecule has 0 bridgehead atoms. The number of carbonyl (C=O) groups is 2. The van der Waals surface area contributed by atoms with Gasteiger partial charge in [-0.2, -0.15) is 0 Å². The molecule has 7 aliphatic rings. The van der Waals surface area contributed by atoms with Crippen LogP contribution in [0.15, 0.2) is 0 Å². The van der Waals surface area contributed by atoms with Gasteiger partial charge in [-0.15, -0.1) is 0 Å². The van der Waals surface area contributed by atoms with E-state index in [-0.39, 0.29) is 52.7 Å². The van der Waals surface area contributed by atoms with Crippen LogP contribution in [0.4, 0.5) is 4.79 Å². The lowest BCUT2D eigenvalue weighted by molar-refractivity contribution is -0.123. The SMILES string of the molecule is C.CC.CC.CC.CC.CC.CC.CC.CCN1CCC(CC(=O)NC(C)(C)C)CC1.CCN1CCC(CCNC(C)(C)C)CC1.CCN1CCC(CCOC(C)(C)C)CC1.CCN1CCC(COC(C)(C)C)CC1.CCN1CCC(NC(=O)NC(C)(C)C)CC1.CCN1CCC(NC(C)(C)C)CC1.CCN1CCC(NCC(C)(C)C)CC1. The Morgan fingerprint density at radius 1 is 0.322 bits per heavy atom. The van der Waals surface area contributed by atoms with Crippen molar-refractivity contribution in [3.05, 3.63) is 0 Å². The van der Waals surface area contributed by atoms with Crippen LogP contribution in [-0.2, 0) is 14.3 Å². The van der Waals surface area contributed by atoms with Gasteiger partial charge < -0.3 is 75.7 Å². The van der Waals surface area contributed by atoms with Crippen molar-refractivity contribution in [3.8, 4) is 0 Å². The van der Waals surface area contributed by atoms with E-state index in [1.807, 2.05) is 138 Å². The minimum atomic E-state index is -0.159. The third-order valence-corrected chi connectivity index (χ3v) is 21.1. The van der Waals surface area contributed by atoms with E-state index in [0.29, 0.717) is 23.8 Å². The number of hydrogen-bond donors (Lipinski definition) is 6. The summed E-state index contributed by atoms with van der Waals surface area (Å²) >= 11 is 0. The van der Waals surface area contributed by atoms with E-state index in [1.165, 1.54) is 195 Å². The van der Waals surface area contributed by atoms with Crippen molar-refractivity contribution < 1.29 is 19.1 Å². The van der Waals surface area contributed by atoms with Crippen molar-refractivity contribution in [1.82, 2.24) is 66.2 Å². The second kappa shape index (κ2) is 78.7. The van der Waals surface area contributed by atoms with Crippen molar-refractivity contribution in [2.75, 3.05) is 164 Å². The first-order valence-corrected chi connectivity index (χ1v) is 49.9. The number of urea groups is 1. The van der Waals surface area contributed by atoms with Crippen LogP contribution in [0.1, 0.15) is 407 Å². The lowest BCUT2D eigenvalue weighted by Crippen LogP contribution is -2.52. The van der Waals surface area contributed by atoms with Crippen LogP contribution in [0.2, 0.25) is 0 Å². The highest BCUT2D eigenvalue weighted by atomic mass is 16.5. The van der Waals surface area contributed by atoms with Crippen molar-refractivity contribution in [3.63, 3.8) is 0 Å². The molecule has 0 aromatic carbocycles. The summed E-state index contributed by atoms with van der Waals surface area (Å²) in [6, 6.07) is 1.80. The summed E-state index contributed by atoms with van der Waals surface area (Å²) in [5, 5.41) is 19.9. The highest BCUT2D eigenvalue weighted by Gasteiger charge is 2.28. The number of ether oxygens (including phenoxy) is 2. The molecule has 0 spiro atoms. The van der Waals surface area contributed by atoms with E-state index in [0.717, 1.165) is 102 Å². The lowest BCUT2D eigenvalue weighted by Gasteiger charge is -2.35. The van der Waals surface area contributed by atoms with Crippen molar-refractivity contribution in [2.24, 2.45) is 29.1 Å². The number of nitrogens with zero attached hydrogens (tertiary/aromatic N) is 7. The maximum atomic E-state index is 11.8. The number of piperidine rings is 7. The third kappa shape index (κ3) is 85.1. The molecule has 0 radical (unpaired) electrons. The van der Waals surface area contributed by atoms with Gasteiger partial charge in [0.15, 0.2) is 0 Å². The second-order valence-corrected chi connectivity index (χ2v) is 39.0. The fourth-order valence-corrected chi connectivity index (χ4v) is 14.3. The molecule has 7 heterocycles. The number of carbonyl (C=O) groups excluding carboxylic acids is 2. The smallest absolute Gasteiger partial charge is 0.315 e. The molecule has 17 nitrogen and oxygen atoms in total. The Balaban J connectivity index is -0.000000194. The molecule has 0 unspecified atom stereocenters. The normalized spacial score (nSPS) is 18.5. The maximum Gasteiger partial charge on any atom is 0.315 e. The van der Waals surface area contributed by atoms with Crippen LogP contribution in [0.25, 0.3) is 0 Å². The highest BCUT2D eigenvalue weighted by molar-refractivity contribution is 5.77. The average Bonchev–Trinajstić information content (AvgIpc) is 0.893. The molecule has 7 saturated heterocycles. The summed E-state index contributed by atoms with van der Waals surface area (Å²) < 4.78 is 11.6. The zero-order valence-electron chi connectivity index (χ0n) is 88.0. The average molecular weight is 1690 g/mol. The molecule has 0 saturated carbocycles. The fraction of sp³-hybridized carbons (Fsp3) is 0.980. The lowest BCUT2D eigenvalue weighted by atomic mass is 9.93. The Morgan fingerprint density at radius 3 is 0.881 bits per heavy atom. The molecule has 0 aromatic heterocycles. The quantitative estimate of drug-likeness (QED) is 0.0648. The maximum absolute atomic E-state index is 11.8. The first-order chi connectivity index (χ1) is 54.9. The summed E-state index contributed by atoms with van der Waals surface area (Å²) in [7, 11) is 0. The van der Waals surface area contributed by atoms with Gasteiger partial charge >= 0.3 is 6.03 Å². The Kier molecular flexibility index (Phi) is 87.9. The standard InChI is InChI=1S/C13H26N2O.C13H28N2.C13H27NO.C12H25N3O.C12H26N2.C12H25NO.C11H24N2.7C2H6.CH4/c1-5-15-8-6-11(7-9-15)10-12(16)14-13(2,3)4;1-5-15-10-7-12(8-11-15)6-9-14-13(2,3)4;1-5-14-9-6-12(7-10-14)8-11-15-13(2,3)4;1-5-15-8-6-10(7-9-15)13-11(16)14-12(2,3)4;1-5-14-8-6-11(7-9-14)13-10-12(2,3)4;1-5-13-8-6-11(7-9-13)10-14-12(2,3)4;1-5-13-8-6-10(7-9-13)12-11(2,3)4;7*1-2;/h11H,5-10H2,1-4H3,(H,14,16);12,14H,5-11H2,1-4H3;12H,5-11H2,1-4H3;10H,5-9H2,1-4H3,(H2,13,14,16);11,13H,5-10H2,1-4H3;11H,5-10H2,1-4H3;10,12H,5-9H2,1-4H3;7*1-2H3;1H4. The van der Waals surface area contributed by atoms with Gasteiger partial charge in [0.25, 0.3) is 0 Å². The van der Waals surface area contributed by atoms with Gasteiger partial charge in [-0.25, -0.2) is 4.79 Å². The molecule has 7 rings (SSSR count). The number of nitrogens with one attached hydrogen (secondary N) is 6. The first kappa shape index (κ1) is 132. The number of amides is 3. The number of rotatable bonds is 21. The summed E-state index contributed by atoms with van der Waals surface area (Å²) in [5.41, 5.74) is 0.784. The molecular formula is C101H227N13O4. The highest BCUT2D eigenvalue weighted by Crippen LogP contribution is 2.25. The third-order valence-electron chi connectivity index (χ3n) is 21.1. The van der Waals surface area contributed by atoms with Gasteiger partial charge in [-0.1, -0.05) is 174 Å². The molecule has 7 aliphatic heterocycles. The Labute approximate surface area is 744 Å². The zero-order chi connectivity index (χ0) is 92.1. The van der Waals surface area contributed by atoms with Gasteiger partial charge in [0.2, 0.25) is 5.91 Å². The minimum absolute atomic E-state index is 0. The van der Waals surface area contributed by atoms with Crippen LogP contribution in [0.3, 0.4) is 0 Å². The second-order valence-electron chi connectivity index (χ2n) is 39.0. The predicted molar refractivity (Wildman–Crippen MR) is 534 cm³/mol. The van der Waals surface area contributed by atoms with Gasteiger partial charge in [-0.05, 0) is 387 Å². The summed E-state index contributed by atoms with van der Waals surface area (Å²) in [5.74, 6) is 3.45. The predicted octanol–water partition coefficient (Wildman–Crippen LogP) is 23.3. The van der Waals surface area contributed by atoms with Crippen LogP contribution in [0.5, 0.6) is 0 Å². The number of likely N-dealkylation sites (tertiary alicyclic amines) is 7. The van der Waals surface area contributed by atoms with Crippen molar-refractivity contribution in [1.29, 1.82) is 0 Å². The van der Waals surface area contributed by atoms with Crippen LogP contribution in [-0.4, -0.2) is 261 Å². The monoisotopic (exact) mass is 1690 g/mol. The molecule has 0 aliphatic carbocycles. The van der Waals surface area contributed by atoms with Gasteiger partial charge in [-0.3, -0.25) is 4.79 Å². The Hall–Kier alpha value is -1.74. The van der Waals surface area contributed by atoms with E-state index in [9.17, 15) is 9.59 Å². The molecule has 7 fully saturated rings. The first-order valence-electron chi connectivity index (χ1n) is 49.9. The molecule has 3 amide bonds. The number of hydrogen-bond acceptors (Lipinski definition) is 14. The molecule has 6 N–H and O–H groups in total. The summed E-state index contributed by atoms with van der Waals surface area (Å²) in [4.78, 5) is 41.0. The zero-order valence-corrected chi connectivity index (χ0v) is 88.0. The largest absolute Gasteiger partial charge is 0.376 e. The molecule has 17 heteroatoms. The van der Waals surface area contributed by atoms with E-state index >= 15 is 0 Å². The van der Waals surface area contributed by atoms with Gasteiger partial charge in [0.05, 0.1) is 17.8 Å². The minimum Gasteiger partial charge on any atom is -0.376 e. The van der Waals surface area contributed by atoms with Gasteiger partial charge in [0.1, 0.15) is 0 Å². The summed E-state index contributed by atoms with van der Waals surface area (Å²) in [6.07, 6.45) is 21.2. The van der Waals surface area contributed by atoms with E-state index in [2.05, 4.69) is 219 Å². The fourth-order valence-electron chi connectivity index (χ4n) is 14.3. The molecule has 0 atom stereocenters. The van der Waals surface area contributed by atoms with Crippen LogP contribution < -0.4 is 31.9 Å². The van der Waals surface area contributed by atoms with Crippen molar-refractivity contribution in [2.45, 2.75) is 459 Å². The molecule has 0 aromatic rings. The molecule has 720 valence electrons. The summed E-state index contributed by atoms with van der Waals surface area (Å²) in [6.45, 7) is 119. The van der Waals surface area contributed by atoms with Crippen molar-refractivity contribution >= 4 is 11.9 Å². The Bertz CT molecular complexity index is 1920. The van der Waals surface area contributed by atoms with E-state index in [4.69, 9.17) is 9.47 Å².